The van der Waals surface area contributed by atoms with Crippen LogP contribution in [-0.2, 0) is 11.2 Å². The quantitative estimate of drug-likeness (QED) is 0.517. The minimum atomic E-state index is 0.0216. The number of carbonyl (C=O) groups excluding carboxylic acids is 1. The van der Waals surface area contributed by atoms with Gasteiger partial charge in [-0.25, -0.2) is 0 Å². The van der Waals surface area contributed by atoms with Gasteiger partial charge in [0.05, 0.1) is 6.54 Å². The highest BCUT2D eigenvalue weighted by Gasteiger charge is 2.23. The van der Waals surface area contributed by atoms with Crippen molar-refractivity contribution < 1.29 is 9.53 Å². The predicted molar refractivity (Wildman–Crippen MR) is 129 cm³/mol. The van der Waals surface area contributed by atoms with Crippen molar-refractivity contribution in [2.75, 3.05) is 31.5 Å². The zero-order valence-electron chi connectivity index (χ0n) is 18.4. The molecule has 1 heterocycles. The summed E-state index contributed by atoms with van der Waals surface area (Å²) in [7, 11) is 0. The standard InChI is InChI=1S/C27H31N3O2/c31-27(29-23-11-13-26(14-12-23)32-25-9-5-2-6-10-25)21-30(24-15-18-28-19-16-24)20-17-22-7-3-1-4-8-22/h1-14,24,28H,15-21H2,(H,29,31). The van der Waals surface area contributed by atoms with Crippen LogP contribution in [-0.4, -0.2) is 43.0 Å². The highest BCUT2D eigenvalue weighted by atomic mass is 16.5. The first-order valence-corrected chi connectivity index (χ1v) is 11.4. The van der Waals surface area contributed by atoms with Crippen LogP contribution in [0.5, 0.6) is 11.5 Å². The van der Waals surface area contributed by atoms with E-state index < -0.39 is 0 Å². The van der Waals surface area contributed by atoms with E-state index >= 15 is 0 Å². The van der Waals surface area contributed by atoms with E-state index in [9.17, 15) is 4.79 Å². The number of amides is 1. The molecule has 0 saturated carbocycles. The summed E-state index contributed by atoms with van der Waals surface area (Å²) >= 11 is 0. The molecule has 5 heteroatoms. The molecule has 0 atom stereocenters. The van der Waals surface area contributed by atoms with Crippen LogP contribution in [0.25, 0.3) is 0 Å². The van der Waals surface area contributed by atoms with Gasteiger partial charge < -0.3 is 15.4 Å². The number of carbonyl (C=O) groups is 1. The van der Waals surface area contributed by atoms with Crippen molar-refractivity contribution in [2.24, 2.45) is 0 Å². The Labute approximate surface area is 190 Å². The predicted octanol–water partition coefficient (Wildman–Crippen LogP) is 4.71. The molecule has 2 N–H and O–H groups in total. The number of para-hydroxylation sites is 1. The van der Waals surface area contributed by atoms with E-state index in [1.54, 1.807) is 0 Å². The van der Waals surface area contributed by atoms with E-state index in [1.807, 2.05) is 60.7 Å². The third kappa shape index (κ3) is 6.67. The number of nitrogens with zero attached hydrogens (tertiary/aromatic N) is 1. The summed E-state index contributed by atoms with van der Waals surface area (Å²) in [4.78, 5) is 15.2. The summed E-state index contributed by atoms with van der Waals surface area (Å²) in [6.45, 7) is 3.31. The normalized spacial score (nSPS) is 14.3. The van der Waals surface area contributed by atoms with Crippen LogP contribution in [0.15, 0.2) is 84.9 Å². The maximum absolute atomic E-state index is 12.9. The second-order valence-electron chi connectivity index (χ2n) is 8.17. The molecule has 1 saturated heterocycles. The first-order chi connectivity index (χ1) is 15.8. The van der Waals surface area contributed by atoms with Crippen LogP contribution >= 0.6 is 0 Å². The average Bonchev–Trinajstić information content (AvgIpc) is 2.85. The van der Waals surface area contributed by atoms with Gasteiger partial charge in [-0.3, -0.25) is 9.69 Å². The van der Waals surface area contributed by atoms with Gasteiger partial charge in [-0.05, 0) is 74.3 Å². The van der Waals surface area contributed by atoms with E-state index in [-0.39, 0.29) is 5.91 Å². The lowest BCUT2D eigenvalue weighted by molar-refractivity contribution is -0.118. The van der Waals surface area contributed by atoms with Crippen LogP contribution in [0.3, 0.4) is 0 Å². The summed E-state index contributed by atoms with van der Waals surface area (Å²) in [5, 5.41) is 6.47. The highest BCUT2D eigenvalue weighted by Crippen LogP contribution is 2.22. The smallest absolute Gasteiger partial charge is 0.238 e. The summed E-state index contributed by atoms with van der Waals surface area (Å²) in [5.41, 5.74) is 2.09. The molecule has 0 aliphatic carbocycles. The molecule has 0 aromatic heterocycles. The van der Waals surface area contributed by atoms with Crippen LogP contribution in [0.2, 0.25) is 0 Å². The highest BCUT2D eigenvalue weighted by molar-refractivity contribution is 5.92. The Kier molecular flexibility index (Phi) is 7.90. The molecule has 1 aliphatic rings. The second kappa shape index (κ2) is 11.5. The van der Waals surface area contributed by atoms with Crippen molar-refractivity contribution in [3.8, 4) is 11.5 Å². The molecule has 1 fully saturated rings. The SMILES string of the molecule is O=C(CN(CCc1ccccc1)C1CCNCC1)Nc1ccc(Oc2ccccc2)cc1. The molecule has 0 unspecified atom stereocenters. The molecule has 3 aromatic rings. The maximum atomic E-state index is 12.9. The number of nitrogens with one attached hydrogen (secondary N) is 2. The Morgan fingerprint density at radius 1 is 0.875 bits per heavy atom. The van der Waals surface area contributed by atoms with Crippen LogP contribution < -0.4 is 15.4 Å². The number of hydrogen-bond donors (Lipinski definition) is 2. The fourth-order valence-corrected chi connectivity index (χ4v) is 4.10. The first-order valence-electron chi connectivity index (χ1n) is 11.4. The zero-order chi connectivity index (χ0) is 22.0. The summed E-state index contributed by atoms with van der Waals surface area (Å²) in [6, 6.07) is 28.1. The van der Waals surface area contributed by atoms with Crippen molar-refractivity contribution in [2.45, 2.75) is 25.3 Å². The molecule has 4 rings (SSSR count). The third-order valence-electron chi connectivity index (χ3n) is 5.82. The van der Waals surface area contributed by atoms with E-state index in [0.29, 0.717) is 12.6 Å². The zero-order valence-corrected chi connectivity index (χ0v) is 18.4. The molecule has 32 heavy (non-hydrogen) atoms. The third-order valence-corrected chi connectivity index (χ3v) is 5.82. The minimum Gasteiger partial charge on any atom is -0.457 e. The van der Waals surface area contributed by atoms with Crippen molar-refractivity contribution in [1.82, 2.24) is 10.2 Å². The first kappa shape index (κ1) is 22.1. The van der Waals surface area contributed by atoms with Crippen molar-refractivity contribution in [3.63, 3.8) is 0 Å². The van der Waals surface area contributed by atoms with Crippen LogP contribution in [0.1, 0.15) is 18.4 Å². The molecule has 0 spiro atoms. The summed E-state index contributed by atoms with van der Waals surface area (Å²) in [5.74, 6) is 1.56. The lowest BCUT2D eigenvalue weighted by Crippen LogP contribution is -2.47. The number of ether oxygens (including phenoxy) is 1. The summed E-state index contributed by atoms with van der Waals surface area (Å²) < 4.78 is 5.83. The average molecular weight is 430 g/mol. The number of benzene rings is 3. The maximum Gasteiger partial charge on any atom is 0.238 e. The minimum absolute atomic E-state index is 0.0216. The van der Waals surface area contributed by atoms with Gasteiger partial charge in [0.25, 0.3) is 0 Å². The Hall–Kier alpha value is -3.15. The van der Waals surface area contributed by atoms with Gasteiger partial charge in [-0.1, -0.05) is 48.5 Å². The number of anilines is 1. The number of piperidine rings is 1. The van der Waals surface area contributed by atoms with Crippen molar-refractivity contribution in [3.05, 3.63) is 90.5 Å². The molecule has 166 valence electrons. The van der Waals surface area contributed by atoms with Gasteiger partial charge in [0.15, 0.2) is 0 Å². The van der Waals surface area contributed by atoms with Gasteiger partial charge in [0.2, 0.25) is 5.91 Å². The second-order valence-corrected chi connectivity index (χ2v) is 8.17. The van der Waals surface area contributed by atoms with E-state index in [2.05, 4.69) is 39.8 Å². The van der Waals surface area contributed by atoms with E-state index in [0.717, 1.165) is 56.1 Å². The summed E-state index contributed by atoms with van der Waals surface area (Å²) in [6.07, 6.45) is 3.10. The van der Waals surface area contributed by atoms with Gasteiger partial charge >= 0.3 is 0 Å². The van der Waals surface area contributed by atoms with Crippen molar-refractivity contribution in [1.29, 1.82) is 0 Å². The lowest BCUT2D eigenvalue weighted by atomic mass is 10.0. The van der Waals surface area contributed by atoms with Gasteiger partial charge in [0.1, 0.15) is 11.5 Å². The molecule has 1 amide bonds. The molecule has 0 bridgehead atoms. The van der Waals surface area contributed by atoms with E-state index in [1.165, 1.54) is 5.56 Å². The van der Waals surface area contributed by atoms with Gasteiger partial charge in [-0.2, -0.15) is 0 Å². The Morgan fingerprint density at radius 3 is 2.19 bits per heavy atom. The molecular formula is C27H31N3O2. The molecule has 0 radical (unpaired) electrons. The number of rotatable bonds is 9. The van der Waals surface area contributed by atoms with Crippen LogP contribution in [0.4, 0.5) is 5.69 Å². The van der Waals surface area contributed by atoms with Crippen molar-refractivity contribution >= 4 is 11.6 Å². The lowest BCUT2D eigenvalue weighted by Gasteiger charge is -2.34. The molecule has 5 nitrogen and oxygen atoms in total. The Balaban J connectivity index is 1.33. The number of hydrogen-bond acceptors (Lipinski definition) is 4. The fourth-order valence-electron chi connectivity index (χ4n) is 4.10. The van der Waals surface area contributed by atoms with Crippen LogP contribution in [0, 0.1) is 0 Å². The van der Waals surface area contributed by atoms with E-state index in [4.69, 9.17) is 4.74 Å². The molecule has 3 aromatic carbocycles. The molecule has 1 aliphatic heterocycles. The Morgan fingerprint density at radius 2 is 1.50 bits per heavy atom. The largest absolute Gasteiger partial charge is 0.457 e. The molecular weight excluding hydrogens is 398 g/mol. The van der Waals surface area contributed by atoms with Gasteiger partial charge in [0, 0.05) is 18.3 Å². The monoisotopic (exact) mass is 429 g/mol. The topological polar surface area (TPSA) is 53.6 Å². The Bertz CT molecular complexity index is 955. The van der Waals surface area contributed by atoms with Gasteiger partial charge in [-0.15, -0.1) is 0 Å². The fraction of sp³-hybridized carbons (Fsp3) is 0.296.